The van der Waals surface area contributed by atoms with Crippen molar-refractivity contribution in [2.24, 2.45) is 5.73 Å². The normalized spacial score (nSPS) is 10.5. The van der Waals surface area contributed by atoms with Crippen molar-refractivity contribution < 1.29 is 4.79 Å². The second kappa shape index (κ2) is 9.29. The minimum absolute atomic E-state index is 0.168. The predicted molar refractivity (Wildman–Crippen MR) is 118 cm³/mol. The zero-order valence-corrected chi connectivity index (χ0v) is 17.6. The highest BCUT2D eigenvalue weighted by atomic mass is 35.5. The van der Waals surface area contributed by atoms with Crippen LogP contribution in [0, 0.1) is 0 Å². The van der Waals surface area contributed by atoms with Gasteiger partial charge in [-0.15, -0.1) is 5.10 Å². The Balaban J connectivity index is 1.56. The molecule has 3 rings (SSSR count). The van der Waals surface area contributed by atoms with E-state index in [4.69, 9.17) is 41.2 Å². The zero-order chi connectivity index (χ0) is 20.1. The monoisotopic (exact) mass is 451 g/mol. The van der Waals surface area contributed by atoms with E-state index in [2.05, 4.69) is 20.2 Å². The summed E-state index contributed by atoms with van der Waals surface area (Å²) >= 11 is 18.8. The van der Waals surface area contributed by atoms with E-state index in [1.54, 1.807) is 0 Å². The van der Waals surface area contributed by atoms with E-state index in [1.165, 1.54) is 0 Å². The maximum absolute atomic E-state index is 11.4. The van der Waals surface area contributed by atoms with Crippen LogP contribution in [-0.2, 0) is 6.42 Å². The lowest BCUT2D eigenvalue weighted by molar-refractivity contribution is 0.0996. The summed E-state index contributed by atoms with van der Waals surface area (Å²) in [6, 6.07) is 12.8. The van der Waals surface area contributed by atoms with Crippen molar-refractivity contribution in [1.29, 1.82) is 0 Å². The summed E-state index contributed by atoms with van der Waals surface area (Å²) in [5, 5.41) is 11.7. The summed E-state index contributed by atoms with van der Waals surface area (Å²) in [4.78, 5) is 12.0. The minimum atomic E-state index is -0.602. The van der Waals surface area contributed by atoms with Gasteiger partial charge in [0, 0.05) is 22.3 Å². The number of thiocarbonyl (C=S) groups is 1. The summed E-state index contributed by atoms with van der Waals surface area (Å²) in [6.07, 6.45) is 0.646. The number of carbonyl (C=O) groups is 1. The molecule has 1 heterocycles. The fourth-order valence-corrected chi connectivity index (χ4v) is 3.97. The first-order valence-corrected chi connectivity index (χ1v) is 10.1. The Morgan fingerprint density at radius 2 is 1.82 bits per heavy atom. The second-order valence-electron chi connectivity index (χ2n) is 5.72. The molecule has 0 aliphatic rings. The van der Waals surface area contributed by atoms with Gasteiger partial charge >= 0.3 is 0 Å². The number of hydrogen-bond acceptors (Lipinski definition) is 5. The van der Waals surface area contributed by atoms with Crippen LogP contribution < -0.4 is 16.4 Å². The molecule has 10 heteroatoms. The summed E-state index contributed by atoms with van der Waals surface area (Å²) < 4.78 is 3.79. The van der Waals surface area contributed by atoms with Gasteiger partial charge in [0.15, 0.2) is 10.8 Å². The summed E-state index contributed by atoms with van der Waals surface area (Å²) in [5.41, 5.74) is 7.97. The van der Waals surface area contributed by atoms with Crippen LogP contribution in [0.5, 0.6) is 0 Å². The smallest absolute Gasteiger partial charge is 0.270 e. The largest absolute Gasteiger partial charge is 0.364 e. The summed E-state index contributed by atoms with van der Waals surface area (Å²) in [7, 11) is 0. The molecule has 0 aliphatic heterocycles. The molecule has 0 saturated carbocycles. The van der Waals surface area contributed by atoms with E-state index < -0.39 is 5.91 Å². The number of aromatic nitrogens is 2. The molecule has 0 bridgehead atoms. The number of nitrogens with two attached hydrogens (primary N) is 1. The van der Waals surface area contributed by atoms with E-state index in [9.17, 15) is 4.79 Å². The van der Waals surface area contributed by atoms with Crippen molar-refractivity contribution in [3.8, 4) is 10.4 Å². The molecule has 144 valence electrons. The van der Waals surface area contributed by atoms with Crippen molar-refractivity contribution >= 4 is 63.7 Å². The number of nitrogens with one attached hydrogen (secondary N) is 2. The Hall–Kier alpha value is -2.26. The molecule has 0 radical (unpaired) electrons. The molecular formula is C18H15Cl2N5OS2. The van der Waals surface area contributed by atoms with Crippen LogP contribution in [0.3, 0.4) is 0 Å². The van der Waals surface area contributed by atoms with Crippen LogP contribution in [0.2, 0.25) is 10.0 Å². The van der Waals surface area contributed by atoms with Gasteiger partial charge in [0.25, 0.3) is 5.91 Å². The lowest BCUT2D eigenvalue weighted by atomic mass is 10.1. The minimum Gasteiger partial charge on any atom is -0.364 e. The Bertz CT molecular complexity index is 987. The fourth-order valence-electron chi connectivity index (χ4n) is 2.49. The van der Waals surface area contributed by atoms with Gasteiger partial charge in [0.2, 0.25) is 0 Å². The van der Waals surface area contributed by atoms with Crippen molar-refractivity contribution in [2.45, 2.75) is 6.42 Å². The lowest BCUT2D eigenvalue weighted by Gasteiger charge is -2.12. The number of primary amides is 1. The highest BCUT2D eigenvalue weighted by Gasteiger charge is 2.15. The third-order valence-corrected chi connectivity index (χ3v) is 5.58. The molecule has 0 atom stereocenters. The van der Waals surface area contributed by atoms with E-state index in [0.717, 1.165) is 28.3 Å². The van der Waals surface area contributed by atoms with Gasteiger partial charge in [-0.3, -0.25) is 4.79 Å². The van der Waals surface area contributed by atoms with Gasteiger partial charge in [-0.2, -0.15) is 0 Å². The van der Waals surface area contributed by atoms with E-state index in [1.807, 2.05) is 42.5 Å². The number of carbonyl (C=O) groups excluding carboxylic acids is 1. The van der Waals surface area contributed by atoms with Crippen molar-refractivity contribution in [1.82, 2.24) is 14.9 Å². The first kappa shape index (κ1) is 20.5. The molecule has 0 unspecified atom stereocenters. The van der Waals surface area contributed by atoms with E-state index in [-0.39, 0.29) is 5.69 Å². The van der Waals surface area contributed by atoms with Gasteiger partial charge in [-0.1, -0.05) is 45.9 Å². The first-order chi connectivity index (χ1) is 13.5. The molecule has 0 fully saturated rings. The molecule has 1 amide bonds. The predicted octanol–water partition coefficient (Wildman–Crippen LogP) is 4.14. The Labute approximate surface area is 181 Å². The number of halogens is 2. The van der Waals surface area contributed by atoms with Gasteiger partial charge in [-0.05, 0) is 65.6 Å². The van der Waals surface area contributed by atoms with Crippen molar-refractivity contribution in [2.75, 3.05) is 11.9 Å². The lowest BCUT2D eigenvalue weighted by Crippen LogP contribution is -2.30. The quantitative estimate of drug-likeness (QED) is 0.487. The highest BCUT2D eigenvalue weighted by molar-refractivity contribution is 7.80. The average molecular weight is 452 g/mol. The zero-order valence-electron chi connectivity index (χ0n) is 14.4. The Kier molecular flexibility index (Phi) is 6.79. The second-order valence-corrected chi connectivity index (χ2v) is 7.70. The van der Waals surface area contributed by atoms with Crippen LogP contribution in [0.25, 0.3) is 10.4 Å². The average Bonchev–Trinajstić information content (AvgIpc) is 3.15. The van der Waals surface area contributed by atoms with Crippen molar-refractivity contribution in [3.05, 3.63) is 63.8 Å². The van der Waals surface area contributed by atoms with Crippen LogP contribution in [0.1, 0.15) is 16.1 Å². The Morgan fingerprint density at radius 1 is 1.14 bits per heavy atom. The van der Waals surface area contributed by atoms with Gasteiger partial charge < -0.3 is 16.4 Å². The third kappa shape index (κ3) is 4.96. The molecule has 28 heavy (non-hydrogen) atoms. The van der Waals surface area contributed by atoms with Gasteiger partial charge in [-0.25, -0.2) is 0 Å². The standard InChI is InChI=1S/C18H15Cl2N5OS2/c19-13-2-1-3-14(20)12(13)8-9-22-18(27)23-11-6-4-10(5-7-11)16-15(17(21)26)24-25-28-16/h1-7H,8-9H2,(H2,21,26)(H2,22,23,27). The number of anilines is 1. The SMILES string of the molecule is NC(=O)c1nnsc1-c1ccc(NC(=S)NCCc2c(Cl)cccc2Cl)cc1. The Morgan fingerprint density at radius 3 is 2.46 bits per heavy atom. The number of nitrogens with zero attached hydrogens (tertiary/aromatic N) is 2. The van der Waals surface area contributed by atoms with E-state index >= 15 is 0 Å². The molecule has 0 saturated heterocycles. The fraction of sp³-hybridized carbons (Fsp3) is 0.111. The van der Waals surface area contributed by atoms with Crippen LogP contribution in [0.4, 0.5) is 5.69 Å². The third-order valence-electron chi connectivity index (χ3n) is 3.85. The molecular weight excluding hydrogens is 437 g/mol. The van der Waals surface area contributed by atoms with E-state index in [0.29, 0.717) is 33.0 Å². The summed E-state index contributed by atoms with van der Waals surface area (Å²) in [6.45, 7) is 0.585. The van der Waals surface area contributed by atoms with Crippen LogP contribution in [0.15, 0.2) is 42.5 Å². The molecule has 0 aliphatic carbocycles. The molecule has 4 N–H and O–H groups in total. The molecule has 1 aromatic heterocycles. The van der Waals surface area contributed by atoms with Crippen molar-refractivity contribution in [3.63, 3.8) is 0 Å². The maximum atomic E-state index is 11.4. The van der Waals surface area contributed by atoms with Gasteiger partial charge in [0.05, 0.1) is 4.88 Å². The van der Waals surface area contributed by atoms with Gasteiger partial charge in [0.1, 0.15) is 0 Å². The molecule has 6 nitrogen and oxygen atoms in total. The number of hydrogen-bond donors (Lipinski definition) is 3. The number of rotatable bonds is 6. The molecule has 0 spiro atoms. The van der Waals surface area contributed by atoms with Crippen LogP contribution >= 0.6 is 47.0 Å². The molecule has 3 aromatic rings. The number of benzene rings is 2. The first-order valence-electron chi connectivity index (χ1n) is 8.16. The number of amides is 1. The van der Waals surface area contributed by atoms with Crippen LogP contribution in [-0.4, -0.2) is 27.2 Å². The molecule has 2 aromatic carbocycles. The topological polar surface area (TPSA) is 92.9 Å². The highest BCUT2D eigenvalue weighted by Crippen LogP contribution is 2.27. The maximum Gasteiger partial charge on any atom is 0.270 e. The summed E-state index contributed by atoms with van der Waals surface area (Å²) in [5.74, 6) is -0.602.